The number of rotatable bonds is 5. The molecule has 0 saturated carbocycles. The monoisotopic (exact) mass is 369 g/mol. The molecule has 0 aromatic heterocycles. The fourth-order valence-electron chi connectivity index (χ4n) is 2.88. The van der Waals surface area contributed by atoms with E-state index in [1.54, 1.807) is 29.2 Å². The van der Waals surface area contributed by atoms with Crippen molar-refractivity contribution in [3.8, 4) is 6.07 Å². The van der Waals surface area contributed by atoms with Crippen molar-refractivity contribution in [2.24, 2.45) is 0 Å². The summed E-state index contributed by atoms with van der Waals surface area (Å²) in [6.07, 6.45) is 1.32. The first-order valence-electron chi connectivity index (χ1n) is 8.30. The van der Waals surface area contributed by atoms with Gasteiger partial charge in [-0.25, -0.2) is 8.42 Å². The fraction of sp³-hybridized carbons (Fsp3) is 0.263. The van der Waals surface area contributed by atoms with Gasteiger partial charge in [0, 0.05) is 18.7 Å². The molecule has 134 valence electrons. The van der Waals surface area contributed by atoms with Gasteiger partial charge in [-0.1, -0.05) is 29.8 Å². The second kappa shape index (κ2) is 7.28. The molecule has 0 radical (unpaired) electrons. The lowest BCUT2D eigenvalue weighted by atomic mass is 10.1. The van der Waals surface area contributed by atoms with Crippen molar-refractivity contribution in [1.29, 1.82) is 5.26 Å². The van der Waals surface area contributed by atoms with E-state index < -0.39 is 16.1 Å². The predicted octanol–water partition coefficient (Wildman–Crippen LogP) is 2.67. The summed E-state index contributed by atoms with van der Waals surface area (Å²) in [5, 5.41) is 9.35. The van der Waals surface area contributed by atoms with Crippen molar-refractivity contribution in [1.82, 2.24) is 4.72 Å². The Morgan fingerprint density at radius 3 is 2.31 bits per heavy atom. The zero-order valence-electron chi connectivity index (χ0n) is 14.3. The van der Waals surface area contributed by atoms with Gasteiger partial charge in [0.2, 0.25) is 15.9 Å². The van der Waals surface area contributed by atoms with Crippen molar-refractivity contribution < 1.29 is 13.2 Å². The number of carbonyl (C=O) groups is 1. The lowest BCUT2D eigenvalue weighted by Gasteiger charge is -2.17. The van der Waals surface area contributed by atoms with Crippen molar-refractivity contribution in [3.05, 3.63) is 59.7 Å². The summed E-state index contributed by atoms with van der Waals surface area (Å²) < 4.78 is 27.6. The van der Waals surface area contributed by atoms with E-state index in [-0.39, 0.29) is 10.8 Å². The third-order valence-corrected chi connectivity index (χ3v) is 5.78. The molecule has 3 rings (SSSR count). The molecule has 1 saturated heterocycles. The summed E-state index contributed by atoms with van der Waals surface area (Å²) in [6, 6.07) is 14.3. The Morgan fingerprint density at radius 1 is 1.12 bits per heavy atom. The number of hydrogen-bond donors (Lipinski definition) is 1. The lowest BCUT2D eigenvalue weighted by molar-refractivity contribution is -0.117. The van der Waals surface area contributed by atoms with Crippen LogP contribution in [0.15, 0.2) is 53.4 Å². The minimum absolute atomic E-state index is 0.0441. The van der Waals surface area contributed by atoms with Crippen LogP contribution in [0.4, 0.5) is 5.69 Å². The van der Waals surface area contributed by atoms with Crippen LogP contribution in [0.3, 0.4) is 0 Å². The maximum Gasteiger partial charge on any atom is 0.242 e. The number of nitriles is 1. The van der Waals surface area contributed by atoms with Crippen LogP contribution in [-0.2, 0) is 14.8 Å². The molecule has 26 heavy (non-hydrogen) atoms. The zero-order chi connectivity index (χ0) is 18.7. The third-order valence-electron chi connectivity index (χ3n) is 4.34. The molecule has 7 heteroatoms. The number of anilines is 1. The van der Waals surface area contributed by atoms with Gasteiger partial charge in [-0.3, -0.25) is 4.79 Å². The highest BCUT2D eigenvalue weighted by molar-refractivity contribution is 7.89. The lowest BCUT2D eigenvalue weighted by Crippen LogP contribution is -2.28. The maximum atomic E-state index is 12.6. The number of carbonyl (C=O) groups excluding carboxylic acids is 1. The number of nitrogens with zero attached hydrogens (tertiary/aromatic N) is 2. The largest absolute Gasteiger partial charge is 0.312 e. The van der Waals surface area contributed by atoms with Gasteiger partial charge in [0.1, 0.15) is 6.04 Å². The highest BCUT2D eigenvalue weighted by Gasteiger charge is 2.24. The molecule has 6 nitrogen and oxygen atoms in total. The van der Waals surface area contributed by atoms with E-state index in [2.05, 4.69) is 4.72 Å². The Bertz CT molecular complexity index is 945. The summed E-state index contributed by atoms with van der Waals surface area (Å²) in [5.74, 6) is 0.0441. The van der Waals surface area contributed by atoms with Crippen molar-refractivity contribution in [3.63, 3.8) is 0 Å². The second-order valence-corrected chi connectivity index (χ2v) is 7.95. The quantitative estimate of drug-likeness (QED) is 0.877. The zero-order valence-corrected chi connectivity index (χ0v) is 15.2. The fourth-order valence-corrected chi connectivity index (χ4v) is 4.01. The van der Waals surface area contributed by atoms with Crippen LogP contribution in [0.1, 0.15) is 30.0 Å². The number of nitrogens with one attached hydrogen (secondary N) is 1. The van der Waals surface area contributed by atoms with Gasteiger partial charge >= 0.3 is 0 Å². The van der Waals surface area contributed by atoms with Gasteiger partial charge < -0.3 is 4.90 Å². The highest BCUT2D eigenvalue weighted by atomic mass is 32.2. The van der Waals surface area contributed by atoms with Gasteiger partial charge in [0.15, 0.2) is 0 Å². The normalized spacial score (nSPS) is 15.7. The molecule has 1 N–H and O–H groups in total. The van der Waals surface area contributed by atoms with Gasteiger partial charge in [0.05, 0.1) is 11.0 Å². The van der Waals surface area contributed by atoms with E-state index >= 15 is 0 Å². The van der Waals surface area contributed by atoms with Gasteiger partial charge in [0.25, 0.3) is 0 Å². The van der Waals surface area contributed by atoms with E-state index in [1.165, 1.54) is 12.1 Å². The molecule has 0 aliphatic carbocycles. The number of hydrogen-bond acceptors (Lipinski definition) is 4. The van der Waals surface area contributed by atoms with Crippen molar-refractivity contribution in [2.75, 3.05) is 11.4 Å². The number of amides is 1. The molecule has 2 aromatic rings. The molecule has 1 atom stereocenters. The topological polar surface area (TPSA) is 90.3 Å². The van der Waals surface area contributed by atoms with Crippen LogP contribution < -0.4 is 9.62 Å². The van der Waals surface area contributed by atoms with Gasteiger partial charge in [-0.2, -0.15) is 9.98 Å². The molecule has 0 bridgehead atoms. The third kappa shape index (κ3) is 3.77. The van der Waals surface area contributed by atoms with Crippen LogP contribution >= 0.6 is 0 Å². The first kappa shape index (κ1) is 18.1. The van der Waals surface area contributed by atoms with Gasteiger partial charge in [-0.15, -0.1) is 0 Å². The minimum Gasteiger partial charge on any atom is -0.312 e. The molecule has 1 aliphatic heterocycles. The standard InChI is InChI=1S/C19H19N3O3S/c1-14-4-6-15(7-5-14)18(13-20)21-26(24,25)17-10-8-16(9-11-17)22-12-2-3-19(22)23/h4-11,18,21H,2-3,12H2,1H3. The summed E-state index contributed by atoms with van der Waals surface area (Å²) in [7, 11) is -3.86. The Morgan fingerprint density at radius 2 is 1.77 bits per heavy atom. The Labute approximate surface area is 153 Å². The molecule has 0 spiro atoms. The van der Waals surface area contributed by atoms with E-state index in [1.807, 2.05) is 25.1 Å². The van der Waals surface area contributed by atoms with Crippen LogP contribution in [0.25, 0.3) is 0 Å². The minimum atomic E-state index is -3.86. The van der Waals surface area contributed by atoms with Crippen molar-refractivity contribution >= 4 is 21.6 Å². The molecular weight excluding hydrogens is 350 g/mol. The molecule has 1 unspecified atom stereocenters. The number of benzene rings is 2. The molecule has 1 fully saturated rings. The molecule has 1 aliphatic rings. The van der Waals surface area contributed by atoms with Crippen LogP contribution in [-0.4, -0.2) is 20.9 Å². The van der Waals surface area contributed by atoms with E-state index in [0.29, 0.717) is 24.2 Å². The summed E-state index contributed by atoms with van der Waals surface area (Å²) >= 11 is 0. The van der Waals surface area contributed by atoms with Crippen LogP contribution in [0.5, 0.6) is 0 Å². The van der Waals surface area contributed by atoms with E-state index in [0.717, 1.165) is 12.0 Å². The second-order valence-electron chi connectivity index (χ2n) is 6.24. The van der Waals surface area contributed by atoms with E-state index in [4.69, 9.17) is 0 Å². The summed E-state index contributed by atoms with van der Waals surface area (Å²) in [5.41, 5.74) is 2.29. The predicted molar refractivity (Wildman–Crippen MR) is 97.9 cm³/mol. The van der Waals surface area contributed by atoms with Crippen molar-refractivity contribution in [2.45, 2.75) is 30.7 Å². The Hall–Kier alpha value is -2.69. The summed E-state index contributed by atoms with van der Waals surface area (Å²) in [4.78, 5) is 13.5. The smallest absolute Gasteiger partial charge is 0.242 e. The van der Waals surface area contributed by atoms with Crippen LogP contribution in [0.2, 0.25) is 0 Å². The average molecular weight is 369 g/mol. The molecule has 1 amide bonds. The first-order chi connectivity index (χ1) is 12.4. The van der Waals surface area contributed by atoms with Gasteiger partial charge in [-0.05, 0) is 43.2 Å². The maximum absolute atomic E-state index is 12.6. The molecule has 1 heterocycles. The first-order valence-corrected chi connectivity index (χ1v) is 9.78. The van der Waals surface area contributed by atoms with E-state index in [9.17, 15) is 18.5 Å². The highest BCUT2D eigenvalue weighted by Crippen LogP contribution is 2.24. The SMILES string of the molecule is Cc1ccc(C(C#N)NS(=O)(=O)c2ccc(N3CCCC3=O)cc2)cc1. The average Bonchev–Trinajstić information content (AvgIpc) is 3.06. The van der Waals surface area contributed by atoms with Crippen LogP contribution in [0, 0.1) is 18.3 Å². The summed E-state index contributed by atoms with van der Waals surface area (Å²) in [6.45, 7) is 2.56. The molecular formula is C19H19N3O3S. The number of sulfonamides is 1. The number of aryl methyl sites for hydroxylation is 1. The Balaban J connectivity index is 1.80. The molecule has 2 aromatic carbocycles. The Kier molecular flexibility index (Phi) is 5.07.